The second kappa shape index (κ2) is 6.48. The predicted octanol–water partition coefficient (Wildman–Crippen LogP) is 1.52. The van der Waals surface area contributed by atoms with Crippen molar-refractivity contribution in [2.75, 3.05) is 26.3 Å². The Bertz CT molecular complexity index is 740. The van der Waals surface area contributed by atoms with Crippen LogP contribution in [0.15, 0.2) is 36.9 Å². The molecule has 0 aromatic carbocycles. The van der Waals surface area contributed by atoms with Gasteiger partial charge in [-0.1, -0.05) is 6.07 Å². The number of rotatable bonds is 5. The lowest BCUT2D eigenvalue weighted by Crippen LogP contribution is -2.66. The number of carbonyl (C=O) groups excluding carboxylic acids is 1. The first-order valence-corrected chi connectivity index (χ1v) is 8.61. The van der Waals surface area contributed by atoms with Crippen LogP contribution in [0.25, 0.3) is 0 Å². The van der Waals surface area contributed by atoms with Gasteiger partial charge in [0.1, 0.15) is 11.3 Å². The highest BCUT2D eigenvalue weighted by Gasteiger charge is 2.54. The number of hydrogen-bond acceptors (Lipinski definition) is 5. The summed E-state index contributed by atoms with van der Waals surface area (Å²) in [5, 5.41) is 0. The fourth-order valence-corrected chi connectivity index (χ4v) is 3.71. The van der Waals surface area contributed by atoms with E-state index in [4.69, 9.17) is 9.47 Å². The first kappa shape index (κ1) is 16.1. The molecule has 25 heavy (non-hydrogen) atoms. The number of carbonyl (C=O) groups is 1. The first-order chi connectivity index (χ1) is 12.2. The minimum atomic E-state index is -0.210. The van der Waals surface area contributed by atoms with Gasteiger partial charge in [0.25, 0.3) is 5.91 Å². The van der Waals surface area contributed by atoms with Crippen molar-refractivity contribution in [3.05, 3.63) is 42.6 Å². The lowest BCUT2D eigenvalue weighted by atomic mass is 9.79. The van der Waals surface area contributed by atoms with Crippen molar-refractivity contribution in [3.63, 3.8) is 0 Å². The summed E-state index contributed by atoms with van der Waals surface area (Å²) >= 11 is 0. The highest BCUT2D eigenvalue weighted by Crippen LogP contribution is 2.42. The Labute approximate surface area is 146 Å². The van der Waals surface area contributed by atoms with Gasteiger partial charge in [0.15, 0.2) is 0 Å². The normalized spacial score (nSPS) is 21.3. The van der Waals surface area contributed by atoms with Crippen molar-refractivity contribution in [1.29, 1.82) is 0 Å². The largest absolute Gasteiger partial charge is 0.478 e. The van der Waals surface area contributed by atoms with E-state index in [0.717, 1.165) is 19.4 Å². The number of imidazole rings is 1. The first-order valence-electron chi connectivity index (χ1n) is 8.61. The molecular weight excluding hydrogens is 320 g/mol. The van der Waals surface area contributed by atoms with E-state index in [9.17, 15) is 4.79 Å². The molecule has 1 spiro atoms. The molecule has 2 aromatic heterocycles. The molecule has 0 bridgehead atoms. The molecule has 1 atom stereocenters. The molecule has 2 aliphatic rings. The number of hydrogen-bond donors (Lipinski definition) is 0. The molecule has 4 rings (SSSR count). The summed E-state index contributed by atoms with van der Waals surface area (Å²) in [6.45, 7) is 2.63. The second-order valence-electron chi connectivity index (χ2n) is 6.79. The van der Waals surface area contributed by atoms with Crippen molar-refractivity contribution < 1.29 is 14.3 Å². The SMILES string of the molecule is Cn1cnc(C(=O)N2CC3(C2)OCC[C@H]3CCOc2ccccn2)c1. The Morgan fingerprint density at radius 2 is 2.28 bits per heavy atom. The minimum Gasteiger partial charge on any atom is -0.478 e. The standard InChI is InChI=1S/C18H22N4O3/c1-21-10-15(20-13-21)17(23)22-11-18(12-22)14(6-9-25-18)5-8-24-16-4-2-3-7-19-16/h2-4,7,10,13-14H,5-6,8-9,11-12H2,1H3/t14-/m1/s1. The van der Waals surface area contributed by atoms with Crippen molar-refractivity contribution in [2.24, 2.45) is 13.0 Å². The van der Waals surface area contributed by atoms with Gasteiger partial charge < -0.3 is 18.9 Å². The van der Waals surface area contributed by atoms with Crippen molar-refractivity contribution in [1.82, 2.24) is 19.4 Å². The molecule has 2 aromatic rings. The number of aromatic nitrogens is 3. The molecule has 7 nitrogen and oxygen atoms in total. The molecule has 2 fully saturated rings. The maximum absolute atomic E-state index is 12.4. The Kier molecular flexibility index (Phi) is 4.17. The summed E-state index contributed by atoms with van der Waals surface area (Å²) in [4.78, 5) is 22.6. The third-order valence-electron chi connectivity index (χ3n) is 5.08. The lowest BCUT2D eigenvalue weighted by molar-refractivity contribution is -0.119. The molecule has 2 saturated heterocycles. The molecule has 0 unspecified atom stereocenters. The van der Waals surface area contributed by atoms with Gasteiger partial charge in [0, 0.05) is 32.1 Å². The van der Waals surface area contributed by atoms with Crippen molar-refractivity contribution in [2.45, 2.75) is 18.4 Å². The maximum atomic E-state index is 12.4. The number of ether oxygens (including phenoxy) is 2. The summed E-state index contributed by atoms with van der Waals surface area (Å²) < 4.78 is 13.5. The van der Waals surface area contributed by atoms with Crippen LogP contribution in [0, 0.1) is 5.92 Å². The lowest BCUT2D eigenvalue weighted by Gasteiger charge is -2.50. The van der Waals surface area contributed by atoms with Gasteiger partial charge in [0.05, 0.1) is 26.0 Å². The molecule has 0 radical (unpaired) electrons. The van der Waals surface area contributed by atoms with Gasteiger partial charge in [0.2, 0.25) is 5.88 Å². The van der Waals surface area contributed by atoms with Crippen molar-refractivity contribution in [3.8, 4) is 5.88 Å². The molecule has 0 N–H and O–H groups in total. The van der Waals surface area contributed by atoms with E-state index >= 15 is 0 Å². The van der Waals surface area contributed by atoms with Crippen LogP contribution < -0.4 is 4.74 Å². The molecule has 132 valence electrons. The Balaban J connectivity index is 1.31. The topological polar surface area (TPSA) is 69.5 Å². The second-order valence-corrected chi connectivity index (χ2v) is 6.79. The molecular formula is C18H22N4O3. The van der Waals surface area contributed by atoms with Crippen LogP contribution >= 0.6 is 0 Å². The number of likely N-dealkylation sites (tertiary alicyclic amines) is 1. The summed E-state index contributed by atoms with van der Waals surface area (Å²) in [5.74, 6) is 1.03. The van der Waals surface area contributed by atoms with Crippen LogP contribution in [0.2, 0.25) is 0 Å². The van der Waals surface area contributed by atoms with Crippen LogP contribution in [0.1, 0.15) is 23.3 Å². The maximum Gasteiger partial charge on any atom is 0.274 e. The predicted molar refractivity (Wildman–Crippen MR) is 90.3 cm³/mol. The fourth-order valence-electron chi connectivity index (χ4n) is 3.71. The van der Waals surface area contributed by atoms with E-state index in [-0.39, 0.29) is 11.5 Å². The van der Waals surface area contributed by atoms with Crippen LogP contribution in [-0.2, 0) is 11.8 Å². The van der Waals surface area contributed by atoms with Crippen LogP contribution in [0.5, 0.6) is 5.88 Å². The zero-order valence-electron chi connectivity index (χ0n) is 14.3. The quantitative estimate of drug-likeness (QED) is 0.824. The highest BCUT2D eigenvalue weighted by atomic mass is 16.5. The minimum absolute atomic E-state index is 0.0230. The van der Waals surface area contributed by atoms with Gasteiger partial charge in [-0.3, -0.25) is 4.79 Å². The van der Waals surface area contributed by atoms with Gasteiger partial charge in [-0.25, -0.2) is 9.97 Å². The molecule has 0 aliphatic carbocycles. The number of amides is 1. The van der Waals surface area contributed by atoms with Gasteiger partial charge in [-0.2, -0.15) is 0 Å². The van der Waals surface area contributed by atoms with Crippen LogP contribution in [-0.4, -0.2) is 57.2 Å². The van der Waals surface area contributed by atoms with Gasteiger partial charge in [-0.15, -0.1) is 0 Å². The van der Waals surface area contributed by atoms with E-state index in [1.54, 1.807) is 23.3 Å². The van der Waals surface area contributed by atoms with E-state index in [1.165, 1.54) is 0 Å². The Morgan fingerprint density at radius 3 is 3.00 bits per heavy atom. The summed E-state index contributed by atoms with van der Waals surface area (Å²) in [6.07, 6.45) is 7.04. The average Bonchev–Trinajstić information content (AvgIpc) is 3.20. The Hall–Kier alpha value is -2.41. The zero-order chi connectivity index (χ0) is 17.3. The van der Waals surface area contributed by atoms with Gasteiger partial charge >= 0.3 is 0 Å². The Morgan fingerprint density at radius 1 is 1.40 bits per heavy atom. The van der Waals surface area contributed by atoms with E-state index in [2.05, 4.69) is 9.97 Å². The van der Waals surface area contributed by atoms with E-state index in [1.807, 2.05) is 30.1 Å². The third-order valence-corrected chi connectivity index (χ3v) is 5.08. The van der Waals surface area contributed by atoms with Crippen molar-refractivity contribution >= 4 is 5.91 Å². The molecule has 4 heterocycles. The fraction of sp³-hybridized carbons (Fsp3) is 0.500. The zero-order valence-corrected chi connectivity index (χ0v) is 14.3. The molecule has 0 saturated carbocycles. The number of pyridine rings is 1. The van der Waals surface area contributed by atoms with Gasteiger partial charge in [-0.05, 0) is 24.8 Å². The average molecular weight is 342 g/mol. The third kappa shape index (κ3) is 3.11. The molecule has 1 amide bonds. The molecule has 7 heteroatoms. The van der Waals surface area contributed by atoms with Crippen LogP contribution in [0.4, 0.5) is 0 Å². The van der Waals surface area contributed by atoms with E-state index < -0.39 is 0 Å². The smallest absolute Gasteiger partial charge is 0.274 e. The van der Waals surface area contributed by atoms with E-state index in [0.29, 0.717) is 37.2 Å². The monoisotopic (exact) mass is 342 g/mol. The molecule has 2 aliphatic heterocycles. The van der Waals surface area contributed by atoms with Crippen LogP contribution in [0.3, 0.4) is 0 Å². The number of nitrogens with zero attached hydrogens (tertiary/aromatic N) is 4. The highest BCUT2D eigenvalue weighted by molar-refractivity contribution is 5.92. The summed E-state index contributed by atoms with van der Waals surface area (Å²) in [7, 11) is 1.86. The number of aryl methyl sites for hydroxylation is 1. The summed E-state index contributed by atoms with van der Waals surface area (Å²) in [5.41, 5.74) is 0.281. The summed E-state index contributed by atoms with van der Waals surface area (Å²) in [6, 6.07) is 5.64.